The van der Waals surface area contributed by atoms with Gasteiger partial charge in [-0.3, -0.25) is 0 Å². The number of carbonyl (C=O) groups is 1. The smallest absolute Gasteiger partial charge is 0.312 e. The van der Waals surface area contributed by atoms with E-state index in [0.29, 0.717) is 6.42 Å². The van der Waals surface area contributed by atoms with Crippen molar-refractivity contribution in [2.45, 2.75) is 33.2 Å². The Morgan fingerprint density at radius 3 is 2.33 bits per heavy atom. The lowest BCUT2D eigenvalue weighted by Gasteiger charge is -2.30. The SMILES string of the molecule is CC(C)(C)C(CCO)NC(N)=O. The molecule has 12 heavy (non-hydrogen) atoms. The van der Waals surface area contributed by atoms with Crippen LogP contribution in [0.5, 0.6) is 0 Å². The first kappa shape index (κ1) is 11.2. The van der Waals surface area contributed by atoms with Crippen molar-refractivity contribution in [1.29, 1.82) is 0 Å². The molecule has 0 aliphatic carbocycles. The van der Waals surface area contributed by atoms with Gasteiger partial charge in [0.05, 0.1) is 0 Å². The molecule has 0 fully saturated rings. The molecule has 0 saturated heterocycles. The minimum atomic E-state index is -0.539. The Morgan fingerprint density at radius 2 is 2.08 bits per heavy atom. The summed E-state index contributed by atoms with van der Waals surface area (Å²) in [6.45, 7) is 6.03. The van der Waals surface area contributed by atoms with Crippen LogP contribution < -0.4 is 11.1 Å². The zero-order valence-corrected chi connectivity index (χ0v) is 7.92. The summed E-state index contributed by atoms with van der Waals surface area (Å²) in [5, 5.41) is 11.3. The number of carbonyl (C=O) groups excluding carboxylic acids is 1. The van der Waals surface area contributed by atoms with Crippen LogP contribution in [0.1, 0.15) is 27.2 Å². The van der Waals surface area contributed by atoms with Gasteiger partial charge < -0.3 is 16.2 Å². The molecule has 0 radical (unpaired) electrons. The van der Waals surface area contributed by atoms with Crippen LogP contribution in [0.2, 0.25) is 0 Å². The number of rotatable bonds is 3. The lowest BCUT2D eigenvalue weighted by Crippen LogP contribution is -2.46. The largest absolute Gasteiger partial charge is 0.396 e. The molecule has 1 unspecified atom stereocenters. The molecule has 2 amide bonds. The Bertz CT molecular complexity index is 152. The van der Waals surface area contributed by atoms with E-state index in [2.05, 4.69) is 5.32 Å². The highest BCUT2D eigenvalue weighted by atomic mass is 16.3. The van der Waals surface area contributed by atoms with E-state index in [1.807, 2.05) is 20.8 Å². The molecule has 0 spiro atoms. The summed E-state index contributed by atoms with van der Waals surface area (Å²) in [5.74, 6) is 0. The summed E-state index contributed by atoms with van der Waals surface area (Å²) in [4.78, 5) is 10.6. The number of primary amides is 1. The molecule has 0 rings (SSSR count). The summed E-state index contributed by atoms with van der Waals surface area (Å²) in [5.41, 5.74) is 4.92. The third-order valence-corrected chi connectivity index (χ3v) is 1.78. The van der Waals surface area contributed by atoms with Crippen LogP contribution in [0.3, 0.4) is 0 Å². The van der Waals surface area contributed by atoms with E-state index >= 15 is 0 Å². The number of nitrogens with two attached hydrogens (primary N) is 1. The Balaban J connectivity index is 4.13. The Kier molecular flexibility index (Phi) is 4.03. The van der Waals surface area contributed by atoms with Crippen LogP contribution in [0, 0.1) is 5.41 Å². The first-order valence-electron chi connectivity index (χ1n) is 4.04. The average Bonchev–Trinajstić information content (AvgIpc) is 1.83. The highest BCUT2D eigenvalue weighted by Gasteiger charge is 2.24. The molecule has 0 aliphatic heterocycles. The van der Waals surface area contributed by atoms with Crippen molar-refractivity contribution in [3.8, 4) is 0 Å². The molecule has 4 N–H and O–H groups in total. The van der Waals surface area contributed by atoms with E-state index in [1.54, 1.807) is 0 Å². The third-order valence-electron chi connectivity index (χ3n) is 1.78. The summed E-state index contributed by atoms with van der Waals surface area (Å²) in [7, 11) is 0. The van der Waals surface area contributed by atoms with E-state index < -0.39 is 6.03 Å². The van der Waals surface area contributed by atoms with E-state index in [4.69, 9.17) is 10.8 Å². The average molecular weight is 174 g/mol. The van der Waals surface area contributed by atoms with E-state index in [1.165, 1.54) is 0 Å². The van der Waals surface area contributed by atoms with Gasteiger partial charge in [-0.1, -0.05) is 20.8 Å². The van der Waals surface area contributed by atoms with Crippen LogP contribution in [-0.4, -0.2) is 23.8 Å². The number of aliphatic hydroxyl groups excluding tert-OH is 1. The molecule has 0 bridgehead atoms. The fourth-order valence-corrected chi connectivity index (χ4v) is 1.02. The van der Waals surface area contributed by atoms with Gasteiger partial charge >= 0.3 is 6.03 Å². The zero-order valence-electron chi connectivity index (χ0n) is 7.92. The molecule has 0 aromatic heterocycles. The van der Waals surface area contributed by atoms with E-state index in [9.17, 15) is 4.79 Å². The predicted molar refractivity (Wildman–Crippen MR) is 47.7 cm³/mol. The molecule has 4 heteroatoms. The summed E-state index contributed by atoms with van der Waals surface area (Å²) >= 11 is 0. The summed E-state index contributed by atoms with van der Waals surface area (Å²) < 4.78 is 0. The lowest BCUT2D eigenvalue weighted by molar-refractivity contribution is 0.193. The number of amides is 2. The normalized spacial score (nSPS) is 14.0. The number of aliphatic hydroxyl groups is 1. The quantitative estimate of drug-likeness (QED) is 0.581. The molecule has 0 aromatic carbocycles. The van der Waals surface area contributed by atoms with Gasteiger partial charge in [0, 0.05) is 12.6 Å². The van der Waals surface area contributed by atoms with Crippen molar-refractivity contribution in [2.75, 3.05) is 6.61 Å². The van der Waals surface area contributed by atoms with Gasteiger partial charge in [-0.05, 0) is 11.8 Å². The first-order chi connectivity index (χ1) is 5.38. The van der Waals surface area contributed by atoms with Crippen molar-refractivity contribution in [3.63, 3.8) is 0 Å². The van der Waals surface area contributed by atoms with Gasteiger partial charge in [0.2, 0.25) is 0 Å². The Labute approximate surface area is 73.1 Å². The first-order valence-corrected chi connectivity index (χ1v) is 4.04. The van der Waals surface area contributed by atoms with Crippen LogP contribution in [0.4, 0.5) is 4.79 Å². The predicted octanol–water partition coefficient (Wildman–Crippen LogP) is 0.452. The molecular weight excluding hydrogens is 156 g/mol. The van der Waals surface area contributed by atoms with Gasteiger partial charge in [-0.2, -0.15) is 0 Å². The van der Waals surface area contributed by atoms with Crippen LogP contribution >= 0.6 is 0 Å². The minimum absolute atomic E-state index is 0.0578. The van der Waals surface area contributed by atoms with Crippen LogP contribution in [0.25, 0.3) is 0 Å². The second-order valence-electron chi connectivity index (χ2n) is 3.94. The van der Waals surface area contributed by atoms with Crippen molar-refractivity contribution < 1.29 is 9.90 Å². The van der Waals surface area contributed by atoms with Crippen molar-refractivity contribution in [1.82, 2.24) is 5.32 Å². The molecule has 72 valence electrons. The lowest BCUT2D eigenvalue weighted by atomic mass is 9.85. The maximum absolute atomic E-state index is 10.6. The molecule has 0 saturated carbocycles. The maximum atomic E-state index is 10.6. The van der Waals surface area contributed by atoms with Crippen LogP contribution in [-0.2, 0) is 0 Å². The number of hydrogen-bond acceptors (Lipinski definition) is 2. The monoisotopic (exact) mass is 174 g/mol. The molecule has 4 nitrogen and oxygen atoms in total. The molecular formula is C8H18N2O2. The highest BCUT2D eigenvalue weighted by molar-refractivity contribution is 5.72. The van der Waals surface area contributed by atoms with Gasteiger partial charge in [0.15, 0.2) is 0 Å². The second-order valence-corrected chi connectivity index (χ2v) is 3.94. The summed E-state index contributed by atoms with van der Waals surface area (Å²) in [6.07, 6.45) is 0.534. The van der Waals surface area contributed by atoms with Crippen molar-refractivity contribution in [3.05, 3.63) is 0 Å². The topological polar surface area (TPSA) is 75.3 Å². The van der Waals surface area contributed by atoms with Crippen molar-refractivity contribution in [2.24, 2.45) is 11.1 Å². The fraction of sp³-hybridized carbons (Fsp3) is 0.875. The molecule has 1 atom stereocenters. The van der Waals surface area contributed by atoms with Gasteiger partial charge in [-0.25, -0.2) is 4.79 Å². The van der Waals surface area contributed by atoms with Crippen LogP contribution in [0.15, 0.2) is 0 Å². The Morgan fingerprint density at radius 1 is 1.58 bits per heavy atom. The molecule has 0 aromatic rings. The van der Waals surface area contributed by atoms with Crippen molar-refractivity contribution >= 4 is 6.03 Å². The number of hydrogen-bond donors (Lipinski definition) is 3. The van der Waals surface area contributed by atoms with Gasteiger partial charge in [-0.15, -0.1) is 0 Å². The second kappa shape index (κ2) is 4.30. The summed E-state index contributed by atoms with van der Waals surface area (Å²) in [6, 6.07) is -0.608. The van der Waals surface area contributed by atoms with Gasteiger partial charge in [0.1, 0.15) is 0 Å². The number of nitrogens with one attached hydrogen (secondary N) is 1. The molecule has 0 aliphatic rings. The third kappa shape index (κ3) is 4.18. The zero-order chi connectivity index (χ0) is 9.78. The number of urea groups is 1. The standard InChI is InChI=1S/C8H18N2O2/c1-8(2,3)6(4-5-11)10-7(9)12/h6,11H,4-5H2,1-3H3,(H3,9,10,12). The van der Waals surface area contributed by atoms with Gasteiger partial charge in [0.25, 0.3) is 0 Å². The Hall–Kier alpha value is -0.770. The highest BCUT2D eigenvalue weighted by Crippen LogP contribution is 2.21. The fourth-order valence-electron chi connectivity index (χ4n) is 1.02. The molecule has 0 heterocycles. The van der Waals surface area contributed by atoms with E-state index in [-0.39, 0.29) is 18.1 Å². The van der Waals surface area contributed by atoms with E-state index in [0.717, 1.165) is 0 Å². The maximum Gasteiger partial charge on any atom is 0.312 e. The minimum Gasteiger partial charge on any atom is -0.396 e.